The maximum absolute atomic E-state index is 12.4. The summed E-state index contributed by atoms with van der Waals surface area (Å²) in [5.41, 5.74) is 0.593. The maximum atomic E-state index is 12.4. The normalized spacial score (nSPS) is 18.5. The number of nitrogens with one attached hydrogen (secondary N) is 1. The molecule has 1 aliphatic rings. The van der Waals surface area contributed by atoms with Crippen LogP contribution in [0.15, 0.2) is 27.6 Å². The van der Waals surface area contributed by atoms with Crippen molar-refractivity contribution in [2.45, 2.75) is 24.3 Å². The molecule has 1 fully saturated rings. The van der Waals surface area contributed by atoms with Gasteiger partial charge in [-0.2, -0.15) is 0 Å². The van der Waals surface area contributed by atoms with E-state index >= 15 is 0 Å². The Kier molecular flexibility index (Phi) is 4.52. The lowest BCUT2D eigenvalue weighted by atomic mass is 10.2. The molecule has 0 aromatic heterocycles. The van der Waals surface area contributed by atoms with Crippen molar-refractivity contribution < 1.29 is 9.59 Å². The van der Waals surface area contributed by atoms with E-state index in [0.717, 1.165) is 10.9 Å². The van der Waals surface area contributed by atoms with Crippen molar-refractivity contribution in [3.05, 3.63) is 28.2 Å². The van der Waals surface area contributed by atoms with Crippen LogP contribution in [0.1, 0.15) is 23.7 Å². The standard InChI is InChI=1S/C13H15BrN2O2S/c1-8(17)15-10-4-5-16(7-10)13(18)11-3-2-9(14)6-12(11)19/h2-3,6,10,19H,4-5,7H2,1H3,(H,15,17). The van der Waals surface area contributed by atoms with Gasteiger partial charge in [-0.25, -0.2) is 0 Å². The highest BCUT2D eigenvalue weighted by Crippen LogP contribution is 2.22. The van der Waals surface area contributed by atoms with Crippen LogP contribution in [-0.2, 0) is 4.79 Å². The van der Waals surface area contributed by atoms with Gasteiger partial charge in [0.15, 0.2) is 0 Å². The summed E-state index contributed by atoms with van der Waals surface area (Å²) in [4.78, 5) is 25.8. The van der Waals surface area contributed by atoms with Crippen molar-refractivity contribution in [1.29, 1.82) is 0 Å². The summed E-state index contributed by atoms with van der Waals surface area (Å²) in [5.74, 6) is -0.0943. The minimum absolute atomic E-state index is 0.0367. The molecule has 1 aliphatic heterocycles. The van der Waals surface area contributed by atoms with E-state index in [1.54, 1.807) is 17.0 Å². The van der Waals surface area contributed by atoms with Crippen molar-refractivity contribution in [3.63, 3.8) is 0 Å². The second-order valence-electron chi connectivity index (χ2n) is 4.60. The molecule has 1 unspecified atom stereocenters. The number of likely N-dealkylation sites (tertiary alicyclic amines) is 1. The van der Waals surface area contributed by atoms with Crippen LogP contribution in [0.2, 0.25) is 0 Å². The maximum Gasteiger partial charge on any atom is 0.255 e. The molecule has 6 heteroatoms. The van der Waals surface area contributed by atoms with Gasteiger partial charge in [0, 0.05) is 35.4 Å². The molecular formula is C13H15BrN2O2S. The topological polar surface area (TPSA) is 49.4 Å². The molecule has 19 heavy (non-hydrogen) atoms. The average Bonchev–Trinajstić information content (AvgIpc) is 2.75. The van der Waals surface area contributed by atoms with Crippen molar-refractivity contribution in [2.75, 3.05) is 13.1 Å². The molecule has 0 saturated carbocycles. The first-order valence-electron chi connectivity index (χ1n) is 6.02. The summed E-state index contributed by atoms with van der Waals surface area (Å²) in [7, 11) is 0. The van der Waals surface area contributed by atoms with Crippen LogP contribution in [0.4, 0.5) is 0 Å². The molecule has 2 rings (SSSR count). The zero-order valence-corrected chi connectivity index (χ0v) is 13.0. The fourth-order valence-electron chi connectivity index (χ4n) is 2.21. The Morgan fingerprint density at radius 2 is 2.21 bits per heavy atom. The lowest BCUT2D eigenvalue weighted by Crippen LogP contribution is -2.37. The van der Waals surface area contributed by atoms with Crippen LogP contribution in [-0.4, -0.2) is 35.8 Å². The highest BCUT2D eigenvalue weighted by atomic mass is 79.9. The molecule has 1 aromatic carbocycles. The summed E-state index contributed by atoms with van der Waals surface area (Å²) in [6.45, 7) is 2.71. The first-order chi connectivity index (χ1) is 8.97. The molecule has 0 radical (unpaired) electrons. The molecule has 1 heterocycles. The highest BCUT2D eigenvalue weighted by molar-refractivity contribution is 9.10. The van der Waals surface area contributed by atoms with E-state index in [-0.39, 0.29) is 17.9 Å². The Balaban J connectivity index is 2.07. The first kappa shape index (κ1) is 14.4. The number of amides is 2. The Morgan fingerprint density at radius 3 is 2.84 bits per heavy atom. The summed E-state index contributed by atoms with van der Waals surface area (Å²) in [6.07, 6.45) is 0.795. The van der Waals surface area contributed by atoms with Crippen LogP contribution in [0.25, 0.3) is 0 Å². The number of halogens is 1. The van der Waals surface area contributed by atoms with Crippen LogP contribution in [0, 0.1) is 0 Å². The largest absolute Gasteiger partial charge is 0.352 e. The van der Waals surface area contributed by atoms with Crippen LogP contribution in [0.3, 0.4) is 0 Å². The molecule has 2 amide bonds. The molecule has 0 spiro atoms. The number of carbonyl (C=O) groups excluding carboxylic acids is 2. The predicted molar refractivity (Wildman–Crippen MR) is 79.5 cm³/mol. The fourth-order valence-corrected chi connectivity index (χ4v) is 3.05. The van der Waals surface area contributed by atoms with Crippen molar-refractivity contribution >= 4 is 40.4 Å². The number of carbonyl (C=O) groups is 2. The number of thiol groups is 1. The molecule has 1 aromatic rings. The van der Waals surface area contributed by atoms with Gasteiger partial charge in [0.05, 0.1) is 5.56 Å². The van der Waals surface area contributed by atoms with Crippen molar-refractivity contribution in [1.82, 2.24) is 10.2 Å². The fraction of sp³-hybridized carbons (Fsp3) is 0.385. The zero-order chi connectivity index (χ0) is 14.0. The smallest absolute Gasteiger partial charge is 0.255 e. The van der Waals surface area contributed by atoms with Gasteiger partial charge in [0.1, 0.15) is 0 Å². The molecule has 0 aliphatic carbocycles. The van der Waals surface area contributed by atoms with Gasteiger partial charge in [-0.05, 0) is 24.6 Å². The number of benzene rings is 1. The third-order valence-electron chi connectivity index (χ3n) is 3.07. The monoisotopic (exact) mass is 342 g/mol. The average molecular weight is 343 g/mol. The van der Waals surface area contributed by atoms with Gasteiger partial charge < -0.3 is 10.2 Å². The van der Waals surface area contributed by atoms with Gasteiger partial charge in [-0.15, -0.1) is 12.6 Å². The Hall–Kier alpha value is -1.01. The van der Waals surface area contributed by atoms with E-state index < -0.39 is 0 Å². The third kappa shape index (κ3) is 3.51. The molecule has 1 N–H and O–H groups in total. The molecule has 102 valence electrons. The van der Waals surface area contributed by atoms with Gasteiger partial charge in [0.2, 0.25) is 5.91 Å². The lowest BCUT2D eigenvalue weighted by molar-refractivity contribution is -0.119. The molecular weight excluding hydrogens is 328 g/mol. The van der Waals surface area contributed by atoms with Crippen LogP contribution in [0.5, 0.6) is 0 Å². The Labute approximate surface area is 126 Å². The van der Waals surface area contributed by atoms with Crippen molar-refractivity contribution in [2.24, 2.45) is 0 Å². The molecule has 0 bridgehead atoms. The second-order valence-corrected chi connectivity index (χ2v) is 6.00. The minimum Gasteiger partial charge on any atom is -0.352 e. The number of rotatable bonds is 2. The van der Waals surface area contributed by atoms with Crippen molar-refractivity contribution in [3.8, 4) is 0 Å². The van der Waals surface area contributed by atoms with Gasteiger partial charge >= 0.3 is 0 Å². The summed E-state index contributed by atoms with van der Waals surface area (Å²) < 4.78 is 0.895. The minimum atomic E-state index is -0.0576. The quantitative estimate of drug-likeness (QED) is 0.808. The van der Waals surface area contributed by atoms with E-state index in [1.165, 1.54) is 6.92 Å². The third-order valence-corrected chi connectivity index (χ3v) is 3.94. The summed E-state index contributed by atoms with van der Waals surface area (Å²) >= 11 is 7.67. The predicted octanol–water partition coefficient (Wildman–Crippen LogP) is 2.09. The van der Waals surface area contributed by atoms with Crippen LogP contribution < -0.4 is 5.32 Å². The van der Waals surface area contributed by atoms with Gasteiger partial charge in [-0.1, -0.05) is 15.9 Å². The second kappa shape index (κ2) is 5.96. The van der Waals surface area contributed by atoms with E-state index in [2.05, 4.69) is 33.9 Å². The molecule has 4 nitrogen and oxygen atoms in total. The van der Waals surface area contributed by atoms with E-state index in [4.69, 9.17) is 0 Å². The van der Waals surface area contributed by atoms with Crippen LogP contribution >= 0.6 is 28.6 Å². The molecule has 1 atom stereocenters. The van der Waals surface area contributed by atoms with E-state index in [0.29, 0.717) is 23.5 Å². The Bertz CT molecular complexity index is 521. The van der Waals surface area contributed by atoms with Gasteiger partial charge in [0.25, 0.3) is 5.91 Å². The summed E-state index contributed by atoms with van der Waals surface area (Å²) in [6, 6.07) is 5.45. The SMILES string of the molecule is CC(=O)NC1CCN(C(=O)c2ccc(Br)cc2S)C1. The Morgan fingerprint density at radius 1 is 1.47 bits per heavy atom. The molecule has 1 saturated heterocycles. The first-order valence-corrected chi connectivity index (χ1v) is 7.26. The van der Waals surface area contributed by atoms with Gasteiger partial charge in [-0.3, -0.25) is 9.59 Å². The van der Waals surface area contributed by atoms with E-state index in [1.807, 2.05) is 6.07 Å². The number of hydrogen-bond acceptors (Lipinski definition) is 3. The summed E-state index contributed by atoms with van der Waals surface area (Å²) in [5, 5.41) is 2.84. The highest BCUT2D eigenvalue weighted by Gasteiger charge is 2.28. The number of hydrogen-bond donors (Lipinski definition) is 2. The zero-order valence-electron chi connectivity index (χ0n) is 10.5. The van der Waals surface area contributed by atoms with E-state index in [9.17, 15) is 9.59 Å². The lowest BCUT2D eigenvalue weighted by Gasteiger charge is -2.18. The number of nitrogens with zero attached hydrogens (tertiary/aromatic N) is 1.